The zero-order valence-corrected chi connectivity index (χ0v) is 10.5. The third kappa shape index (κ3) is 2.93. The Morgan fingerprint density at radius 3 is 1.00 bits per heavy atom. The van der Waals surface area contributed by atoms with Gasteiger partial charge in [-0.1, -0.05) is 0 Å². The zero-order valence-electron chi connectivity index (χ0n) is 10.5. The van der Waals surface area contributed by atoms with Crippen LogP contribution in [0.15, 0.2) is 11.1 Å². The summed E-state index contributed by atoms with van der Waals surface area (Å²) in [6, 6.07) is 5.13. The lowest BCUT2D eigenvalue weighted by atomic mass is 10.0. The van der Waals surface area contributed by atoms with Crippen LogP contribution < -0.4 is 0 Å². The summed E-state index contributed by atoms with van der Waals surface area (Å²) in [7, 11) is 0. The lowest BCUT2D eigenvalue weighted by Crippen LogP contribution is -2.04. The highest BCUT2D eigenvalue weighted by molar-refractivity contribution is 5.68. The number of halogens is 4. The van der Waals surface area contributed by atoms with Gasteiger partial charge in [-0.3, -0.25) is 0 Å². The number of hydrogen-bond donors (Lipinski definition) is 0. The van der Waals surface area contributed by atoms with Crippen molar-refractivity contribution in [1.29, 1.82) is 21.0 Å². The maximum Gasteiger partial charge on any atom is 0.169 e. The van der Waals surface area contributed by atoms with Gasteiger partial charge in [0.15, 0.2) is 23.3 Å². The maximum absolute atomic E-state index is 13.8. The van der Waals surface area contributed by atoms with E-state index in [-0.39, 0.29) is 0 Å². The average molecular weight is 302 g/mol. The standard InChI is InChI=1S/C14H2F4N4/c15-11-9(1-7(3-19)4-20)12(16)14(18)10(13(11)17)2-8(5-21)6-22/h1-2H. The van der Waals surface area contributed by atoms with E-state index in [1.54, 1.807) is 0 Å². The molecule has 0 atom stereocenters. The van der Waals surface area contributed by atoms with Crippen molar-refractivity contribution in [3.05, 3.63) is 45.5 Å². The van der Waals surface area contributed by atoms with Crippen LogP contribution in [0.2, 0.25) is 0 Å². The Morgan fingerprint density at radius 1 is 0.591 bits per heavy atom. The first-order chi connectivity index (χ1) is 10.4. The van der Waals surface area contributed by atoms with Crippen molar-refractivity contribution in [3.63, 3.8) is 0 Å². The predicted molar refractivity (Wildman–Crippen MR) is 64.7 cm³/mol. The van der Waals surface area contributed by atoms with E-state index in [2.05, 4.69) is 0 Å². The SMILES string of the molecule is N#CC(C#N)=Cc1c(F)c(F)c(C=C(C#N)C#N)c(F)c1F. The minimum Gasteiger partial charge on any atom is -0.203 e. The Hall–Kier alpha value is -3.62. The fraction of sp³-hybridized carbons (Fsp3) is 0. The van der Waals surface area contributed by atoms with Crippen molar-refractivity contribution in [1.82, 2.24) is 0 Å². The summed E-state index contributed by atoms with van der Waals surface area (Å²) < 4.78 is 55.0. The van der Waals surface area contributed by atoms with Gasteiger partial charge in [0.2, 0.25) is 0 Å². The lowest BCUT2D eigenvalue weighted by Gasteiger charge is -2.07. The molecule has 0 N–H and O–H groups in total. The van der Waals surface area contributed by atoms with Gasteiger partial charge in [-0.25, -0.2) is 17.6 Å². The van der Waals surface area contributed by atoms with E-state index in [0.29, 0.717) is 12.2 Å². The third-order valence-electron chi connectivity index (χ3n) is 2.39. The molecule has 0 saturated carbocycles. The van der Waals surface area contributed by atoms with Crippen molar-refractivity contribution in [2.24, 2.45) is 0 Å². The Labute approximate surface area is 121 Å². The van der Waals surface area contributed by atoms with Crippen LogP contribution in [-0.2, 0) is 0 Å². The highest BCUT2D eigenvalue weighted by Gasteiger charge is 2.24. The second kappa shape index (κ2) is 6.70. The van der Waals surface area contributed by atoms with E-state index in [1.807, 2.05) is 0 Å². The summed E-state index contributed by atoms with van der Waals surface area (Å²) in [5.74, 6) is -7.43. The average Bonchev–Trinajstić information content (AvgIpc) is 2.54. The van der Waals surface area contributed by atoms with Crippen LogP contribution in [0.3, 0.4) is 0 Å². The summed E-state index contributed by atoms with van der Waals surface area (Å²) >= 11 is 0. The lowest BCUT2D eigenvalue weighted by molar-refractivity contribution is 0.448. The zero-order chi connectivity index (χ0) is 16.9. The molecule has 0 unspecified atom stereocenters. The Bertz CT molecular complexity index is 737. The quantitative estimate of drug-likeness (QED) is 0.476. The fourth-order valence-electron chi connectivity index (χ4n) is 1.39. The Balaban J connectivity index is 3.76. The van der Waals surface area contributed by atoms with Gasteiger partial charge in [0, 0.05) is 0 Å². The van der Waals surface area contributed by atoms with Gasteiger partial charge in [0.25, 0.3) is 0 Å². The molecule has 22 heavy (non-hydrogen) atoms. The molecule has 1 aromatic rings. The van der Waals surface area contributed by atoms with Gasteiger partial charge in [0.1, 0.15) is 35.4 Å². The molecule has 1 rings (SSSR count). The van der Waals surface area contributed by atoms with Crippen LogP contribution in [0.4, 0.5) is 17.6 Å². The molecule has 0 aliphatic heterocycles. The molecule has 0 bridgehead atoms. The number of nitriles is 4. The molecule has 0 aliphatic carbocycles. The second-order valence-corrected chi connectivity index (χ2v) is 3.65. The van der Waals surface area contributed by atoms with E-state index >= 15 is 0 Å². The van der Waals surface area contributed by atoms with E-state index in [0.717, 1.165) is 0 Å². The first-order valence-corrected chi connectivity index (χ1v) is 5.31. The monoisotopic (exact) mass is 302 g/mol. The molecule has 0 saturated heterocycles. The van der Waals surface area contributed by atoms with Crippen LogP contribution in [0, 0.1) is 68.6 Å². The minimum absolute atomic E-state index is 0.347. The van der Waals surface area contributed by atoms with E-state index < -0.39 is 45.5 Å². The van der Waals surface area contributed by atoms with Crippen LogP contribution in [0.5, 0.6) is 0 Å². The summed E-state index contributed by atoms with van der Waals surface area (Å²) in [5.41, 5.74) is -4.04. The molecule has 0 radical (unpaired) electrons. The number of benzene rings is 1. The minimum atomic E-state index is -1.86. The number of allylic oxidation sites excluding steroid dienone is 2. The third-order valence-corrected chi connectivity index (χ3v) is 2.39. The summed E-state index contributed by atoms with van der Waals surface area (Å²) in [4.78, 5) is 0. The number of rotatable bonds is 2. The van der Waals surface area contributed by atoms with Gasteiger partial charge in [-0.2, -0.15) is 21.0 Å². The molecule has 4 nitrogen and oxygen atoms in total. The van der Waals surface area contributed by atoms with E-state index in [4.69, 9.17) is 21.0 Å². The smallest absolute Gasteiger partial charge is 0.169 e. The molecule has 8 heteroatoms. The first kappa shape index (κ1) is 16.4. The van der Waals surface area contributed by atoms with Gasteiger partial charge < -0.3 is 0 Å². The fourth-order valence-corrected chi connectivity index (χ4v) is 1.39. The molecule has 1 aromatic carbocycles. The molecular weight excluding hydrogens is 300 g/mol. The Morgan fingerprint density at radius 2 is 0.818 bits per heavy atom. The first-order valence-electron chi connectivity index (χ1n) is 5.31. The van der Waals surface area contributed by atoms with Gasteiger partial charge in [-0.05, 0) is 12.2 Å². The number of nitrogens with zero attached hydrogens (tertiary/aromatic N) is 4. The molecule has 0 spiro atoms. The maximum atomic E-state index is 13.8. The second-order valence-electron chi connectivity index (χ2n) is 3.65. The topological polar surface area (TPSA) is 95.2 Å². The highest BCUT2D eigenvalue weighted by Crippen LogP contribution is 2.27. The molecule has 0 amide bonds. The van der Waals surface area contributed by atoms with E-state index in [1.165, 1.54) is 24.3 Å². The Kier molecular flexibility index (Phi) is 5.01. The van der Waals surface area contributed by atoms with E-state index in [9.17, 15) is 17.6 Å². The van der Waals surface area contributed by atoms with Crippen molar-refractivity contribution >= 4 is 12.2 Å². The van der Waals surface area contributed by atoms with Gasteiger partial charge in [0.05, 0.1) is 11.1 Å². The predicted octanol–water partition coefficient (Wildman–Crippen LogP) is 3.10. The van der Waals surface area contributed by atoms with Crippen LogP contribution in [0.1, 0.15) is 11.1 Å². The van der Waals surface area contributed by atoms with Gasteiger partial charge in [-0.15, -0.1) is 0 Å². The molecule has 0 aromatic heterocycles. The summed E-state index contributed by atoms with van der Waals surface area (Å²) in [5, 5.41) is 34.0. The van der Waals surface area contributed by atoms with Crippen molar-refractivity contribution in [2.75, 3.05) is 0 Å². The van der Waals surface area contributed by atoms with Crippen LogP contribution >= 0.6 is 0 Å². The molecular formula is C14H2F4N4. The van der Waals surface area contributed by atoms with Crippen LogP contribution in [0.25, 0.3) is 12.2 Å². The summed E-state index contributed by atoms with van der Waals surface area (Å²) in [6.07, 6.45) is 0.694. The largest absolute Gasteiger partial charge is 0.203 e. The van der Waals surface area contributed by atoms with Crippen molar-refractivity contribution in [2.45, 2.75) is 0 Å². The normalized spacial score (nSPS) is 8.73. The number of hydrogen-bond acceptors (Lipinski definition) is 4. The molecule has 0 fully saturated rings. The molecule has 0 heterocycles. The van der Waals surface area contributed by atoms with Crippen molar-refractivity contribution < 1.29 is 17.6 Å². The highest BCUT2D eigenvalue weighted by atomic mass is 19.2. The summed E-state index contributed by atoms with van der Waals surface area (Å²) in [6.45, 7) is 0. The van der Waals surface area contributed by atoms with Crippen molar-refractivity contribution in [3.8, 4) is 24.3 Å². The molecule has 0 aliphatic rings. The van der Waals surface area contributed by atoms with Gasteiger partial charge >= 0.3 is 0 Å². The molecule has 106 valence electrons. The van der Waals surface area contributed by atoms with Crippen LogP contribution in [-0.4, -0.2) is 0 Å².